The zero-order chi connectivity index (χ0) is 17.2. The van der Waals surface area contributed by atoms with E-state index in [-0.39, 0.29) is 12.5 Å². The van der Waals surface area contributed by atoms with Gasteiger partial charge in [0, 0.05) is 46.2 Å². The lowest BCUT2D eigenvalue weighted by molar-refractivity contribution is -0.128. The van der Waals surface area contributed by atoms with Gasteiger partial charge in [0.2, 0.25) is 5.91 Å². The highest BCUT2D eigenvalue weighted by Crippen LogP contribution is 2.28. The Morgan fingerprint density at radius 2 is 1.83 bits per heavy atom. The van der Waals surface area contributed by atoms with Gasteiger partial charge in [-0.15, -0.1) is 0 Å². The highest BCUT2D eigenvalue weighted by molar-refractivity contribution is 5.80. The number of rotatable bonds is 6. The Morgan fingerprint density at radius 3 is 2.54 bits per heavy atom. The number of aliphatic imine (C=N–C) groups is 1. The predicted octanol–water partition coefficient (Wildman–Crippen LogP) is 1.45. The molecule has 1 heterocycles. The first-order valence-corrected chi connectivity index (χ1v) is 9.60. The van der Waals surface area contributed by atoms with Crippen molar-refractivity contribution in [1.82, 2.24) is 15.1 Å². The summed E-state index contributed by atoms with van der Waals surface area (Å²) in [6.45, 7) is 6.39. The van der Waals surface area contributed by atoms with E-state index in [0.717, 1.165) is 57.4 Å². The van der Waals surface area contributed by atoms with Gasteiger partial charge in [0.15, 0.2) is 5.96 Å². The molecule has 0 atom stereocenters. The summed E-state index contributed by atoms with van der Waals surface area (Å²) in [7, 11) is 0. The number of aliphatic hydroxyl groups is 1. The Balaban J connectivity index is 1.83. The lowest BCUT2D eigenvalue weighted by Crippen LogP contribution is -2.44. The molecule has 1 amide bonds. The van der Waals surface area contributed by atoms with E-state index in [1.807, 2.05) is 4.90 Å². The third kappa shape index (κ3) is 6.30. The van der Waals surface area contributed by atoms with E-state index in [4.69, 9.17) is 10.1 Å². The molecule has 0 aromatic rings. The summed E-state index contributed by atoms with van der Waals surface area (Å²) in [6.07, 6.45) is 8.98. The minimum Gasteiger partial charge on any atom is -0.395 e. The van der Waals surface area contributed by atoms with Crippen molar-refractivity contribution in [1.29, 1.82) is 0 Å². The van der Waals surface area contributed by atoms with Crippen LogP contribution in [0, 0.1) is 5.92 Å². The zero-order valence-electron chi connectivity index (χ0n) is 15.2. The van der Waals surface area contributed by atoms with Crippen molar-refractivity contribution in [3.8, 4) is 0 Å². The molecule has 0 aromatic heterocycles. The van der Waals surface area contributed by atoms with Gasteiger partial charge in [0.25, 0.3) is 0 Å². The molecule has 1 aliphatic carbocycles. The molecule has 0 unspecified atom stereocenters. The number of aliphatic hydroxyl groups excluding tert-OH is 1. The van der Waals surface area contributed by atoms with Gasteiger partial charge in [-0.2, -0.15) is 0 Å². The topological polar surface area (TPSA) is 68.2 Å². The maximum Gasteiger partial charge on any atom is 0.219 e. The molecule has 1 aliphatic heterocycles. The Morgan fingerprint density at radius 1 is 1.12 bits per heavy atom. The van der Waals surface area contributed by atoms with Gasteiger partial charge >= 0.3 is 0 Å². The summed E-state index contributed by atoms with van der Waals surface area (Å²) in [5.74, 6) is 1.95. The number of amides is 1. The first kappa shape index (κ1) is 19.0. The number of carbonyl (C=O) groups excluding carboxylic acids is 1. The van der Waals surface area contributed by atoms with Crippen LogP contribution >= 0.6 is 0 Å². The van der Waals surface area contributed by atoms with E-state index < -0.39 is 0 Å². The number of carbonyl (C=O) groups is 1. The first-order valence-electron chi connectivity index (χ1n) is 9.60. The molecule has 0 radical (unpaired) electrons. The van der Waals surface area contributed by atoms with Crippen molar-refractivity contribution in [2.45, 2.75) is 51.9 Å². The second kappa shape index (κ2) is 10.5. The van der Waals surface area contributed by atoms with Crippen molar-refractivity contribution < 1.29 is 9.90 Å². The lowest BCUT2D eigenvalue weighted by atomic mass is 10.0. The van der Waals surface area contributed by atoms with Crippen molar-refractivity contribution in [2.75, 3.05) is 45.9 Å². The average Bonchev–Trinajstić information content (AvgIpc) is 2.96. The molecule has 1 saturated carbocycles. The van der Waals surface area contributed by atoms with Gasteiger partial charge in [0.05, 0.1) is 6.61 Å². The largest absolute Gasteiger partial charge is 0.395 e. The molecule has 0 aromatic carbocycles. The van der Waals surface area contributed by atoms with Gasteiger partial charge in [-0.1, -0.05) is 25.7 Å². The van der Waals surface area contributed by atoms with Gasteiger partial charge in [-0.25, -0.2) is 0 Å². The number of nitrogens with one attached hydrogen (secondary N) is 1. The molecule has 138 valence electrons. The van der Waals surface area contributed by atoms with Crippen molar-refractivity contribution in [3.05, 3.63) is 0 Å². The van der Waals surface area contributed by atoms with Crippen molar-refractivity contribution >= 4 is 11.9 Å². The predicted molar refractivity (Wildman–Crippen MR) is 97.0 cm³/mol. The number of hydrogen-bond donors (Lipinski definition) is 2. The third-order valence-electron chi connectivity index (χ3n) is 5.14. The molecule has 24 heavy (non-hydrogen) atoms. The fourth-order valence-electron chi connectivity index (χ4n) is 3.74. The van der Waals surface area contributed by atoms with Crippen molar-refractivity contribution in [2.24, 2.45) is 10.9 Å². The summed E-state index contributed by atoms with van der Waals surface area (Å²) in [4.78, 5) is 20.5. The molecule has 2 aliphatic rings. The molecule has 0 bridgehead atoms. The fourth-order valence-corrected chi connectivity index (χ4v) is 3.74. The molecule has 2 rings (SSSR count). The average molecular weight is 338 g/mol. The van der Waals surface area contributed by atoms with Crippen LogP contribution in [0.2, 0.25) is 0 Å². The van der Waals surface area contributed by atoms with E-state index in [0.29, 0.717) is 6.54 Å². The summed E-state index contributed by atoms with van der Waals surface area (Å²) in [6, 6.07) is 0. The highest BCUT2D eigenvalue weighted by atomic mass is 16.3. The minimum absolute atomic E-state index is 0.106. The van der Waals surface area contributed by atoms with E-state index in [1.54, 1.807) is 6.92 Å². The minimum atomic E-state index is 0.106. The van der Waals surface area contributed by atoms with Crippen LogP contribution in [-0.2, 0) is 4.79 Å². The van der Waals surface area contributed by atoms with Crippen molar-refractivity contribution in [3.63, 3.8) is 0 Å². The maximum absolute atomic E-state index is 11.6. The molecule has 2 fully saturated rings. The van der Waals surface area contributed by atoms with Crippen LogP contribution < -0.4 is 5.32 Å². The number of nitrogens with zero attached hydrogens (tertiary/aromatic N) is 3. The standard InChI is InChI=1S/C18H34N4O2/c1-16(24)21-11-5-12-22(14-13-21)18(20-10-15-23)19-9-4-8-17-6-2-3-7-17/h17,23H,2-15H2,1H3,(H,19,20). The Bertz CT molecular complexity index is 408. The number of hydrogen-bond acceptors (Lipinski definition) is 3. The van der Waals surface area contributed by atoms with E-state index in [9.17, 15) is 4.79 Å². The highest BCUT2D eigenvalue weighted by Gasteiger charge is 2.19. The molecule has 2 N–H and O–H groups in total. The molecule has 0 spiro atoms. The molecule has 1 saturated heterocycles. The van der Waals surface area contributed by atoms with Crippen LogP contribution in [0.4, 0.5) is 0 Å². The van der Waals surface area contributed by atoms with Gasteiger partial charge in [-0.05, 0) is 25.2 Å². The fraction of sp³-hybridized carbons (Fsp3) is 0.889. The van der Waals surface area contributed by atoms with Crippen LogP contribution in [0.25, 0.3) is 0 Å². The number of guanidine groups is 1. The SMILES string of the molecule is CC(=O)N1CCCN(C(=NCCCC2CCCC2)NCCO)CC1. The molecular weight excluding hydrogens is 304 g/mol. The normalized spacial score (nSPS) is 20.3. The first-order chi connectivity index (χ1) is 11.7. The maximum atomic E-state index is 11.6. The second-order valence-corrected chi connectivity index (χ2v) is 7.00. The summed E-state index contributed by atoms with van der Waals surface area (Å²) >= 11 is 0. The lowest BCUT2D eigenvalue weighted by Gasteiger charge is -2.25. The summed E-state index contributed by atoms with van der Waals surface area (Å²) < 4.78 is 0. The Hall–Kier alpha value is -1.30. The Kier molecular flexibility index (Phi) is 8.36. The quantitative estimate of drug-likeness (QED) is 0.437. The van der Waals surface area contributed by atoms with E-state index >= 15 is 0 Å². The van der Waals surface area contributed by atoms with Crippen LogP contribution in [-0.4, -0.2) is 72.6 Å². The van der Waals surface area contributed by atoms with E-state index in [2.05, 4.69) is 10.2 Å². The third-order valence-corrected chi connectivity index (χ3v) is 5.14. The van der Waals surface area contributed by atoms with Crippen LogP contribution in [0.3, 0.4) is 0 Å². The molecule has 6 nitrogen and oxygen atoms in total. The Labute approximate surface area is 146 Å². The van der Waals surface area contributed by atoms with Gasteiger partial charge in [-0.3, -0.25) is 9.79 Å². The van der Waals surface area contributed by atoms with E-state index in [1.165, 1.54) is 32.1 Å². The van der Waals surface area contributed by atoms with Gasteiger partial charge < -0.3 is 20.2 Å². The van der Waals surface area contributed by atoms with Crippen LogP contribution in [0.15, 0.2) is 4.99 Å². The molecular formula is C18H34N4O2. The summed E-state index contributed by atoms with van der Waals surface area (Å²) in [5, 5.41) is 12.4. The molecule has 6 heteroatoms. The van der Waals surface area contributed by atoms with Gasteiger partial charge in [0.1, 0.15) is 0 Å². The monoisotopic (exact) mass is 338 g/mol. The zero-order valence-corrected chi connectivity index (χ0v) is 15.2. The van der Waals surface area contributed by atoms with Crippen LogP contribution in [0.1, 0.15) is 51.9 Å². The van der Waals surface area contributed by atoms with Crippen LogP contribution in [0.5, 0.6) is 0 Å². The second-order valence-electron chi connectivity index (χ2n) is 7.00. The smallest absolute Gasteiger partial charge is 0.219 e. The summed E-state index contributed by atoms with van der Waals surface area (Å²) in [5.41, 5.74) is 0.